The van der Waals surface area contributed by atoms with Crippen molar-refractivity contribution >= 4 is 10.0 Å². The number of sulfonamides is 1. The van der Waals surface area contributed by atoms with E-state index in [0.717, 1.165) is 11.6 Å². The normalized spacial score (nSPS) is 13.3. The Morgan fingerprint density at radius 2 is 2.18 bits per heavy atom. The minimum absolute atomic E-state index is 0.168. The number of hydrogen-bond donors (Lipinski definition) is 2. The van der Waals surface area contributed by atoms with Gasteiger partial charge >= 0.3 is 0 Å². The SMILES string of the molecule is CCC(CO)NS(=O)(=O)c1ccc(-n2cc(C)cn2)c(F)c1. The molecule has 1 aromatic carbocycles. The molecule has 0 aliphatic rings. The first-order valence-corrected chi connectivity index (χ1v) is 8.30. The van der Waals surface area contributed by atoms with Gasteiger partial charge in [0.05, 0.1) is 17.7 Å². The summed E-state index contributed by atoms with van der Waals surface area (Å²) in [6, 6.07) is 3.01. The third-order valence-electron chi connectivity index (χ3n) is 3.22. The van der Waals surface area contributed by atoms with Gasteiger partial charge in [-0.15, -0.1) is 0 Å². The van der Waals surface area contributed by atoms with Crippen LogP contribution in [0.4, 0.5) is 4.39 Å². The van der Waals surface area contributed by atoms with Gasteiger partial charge in [0.1, 0.15) is 11.5 Å². The van der Waals surface area contributed by atoms with E-state index in [2.05, 4.69) is 9.82 Å². The van der Waals surface area contributed by atoms with E-state index in [4.69, 9.17) is 5.11 Å². The summed E-state index contributed by atoms with van der Waals surface area (Å²) in [7, 11) is -3.88. The topological polar surface area (TPSA) is 84.2 Å². The second-order valence-corrected chi connectivity index (χ2v) is 6.70. The second-order valence-electron chi connectivity index (χ2n) is 4.98. The lowest BCUT2D eigenvalue weighted by molar-refractivity contribution is 0.254. The summed E-state index contributed by atoms with van der Waals surface area (Å²) in [5.41, 5.74) is 1.03. The summed E-state index contributed by atoms with van der Waals surface area (Å²) in [6.45, 7) is 3.25. The van der Waals surface area contributed by atoms with E-state index in [1.807, 2.05) is 6.92 Å². The number of benzene rings is 1. The Morgan fingerprint density at radius 1 is 1.45 bits per heavy atom. The molecule has 0 radical (unpaired) electrons. The molecule has 22 heavy (non-hydrogen) atoms. The van der Waals surface area contributed by atoms with Gasteiger partial charge in [0.2, 0.25) is 10.0 Å². The Hall–Kier alpha value is -1.77. The van der Waals surface area contributed by atoms with Gasteiger partial charge in [-0.2, -0.15) is 5.10 Å². The lowest BCUT2D eigenvalue weighted by Crippen LogP contribution is -2.36. The Labute approximate surface area is 128 Å². The number of nitrogens with one attached hydrogen (secondary N) is 1. The van der Waals surface area contributed by atoms with E-state index in [1.165, 1.54) is 16.8 Å². The molecule has 2 rings (SSSR count). The van der Waals surface area contributed by atoms with Crippen molar-refractivity contribution in [1.29, 1.82) is 0 Å². The smallest absolute Gasteiger partial charge is 0.241 e. The molecule has 8 heteroatoms. The van der Waals surface area contributed by atoms with Crippen molar-refractivity contribution in [3.63, 3.8) is 0 Å². The summed E-state index contributed by atoms with van der Waals surface area (Å²) in [5.74, 6) is -0.692. The van der Waals surface area contributed by atoms with Crippen LogP contribution in [-0.2, 0) is 10.0 Å². The van der Waals surface area contributed by atoms with E-state index in [9.17, 15) is 12.8 Å². The molecule has 6 nitrogen and oxygen atoms in total. The Bertz CT molecular complexity index is 754. The summed E-state index contributed by atoms with van der Waals surface area (Å²) in [6.07, 6.45) is 3.66. The first kappa shape index (κ1) is 16.6. The van der Waals surface area contributed by atoms with Crippen LogP contribution in [0.5, 0.6) is 0 Å². The zero-order valence-electron chi connectivity index (χ0n) is 12.3. The molecule has 0 aliphatic carbocycles. The van der Waals surface area contributed by atoms with Gasteiger partial charge in [0, 0.05) is 12.2 Å². The minimum Gasteiger partial charge on any atom is -0.395 e. The number of aliphatic hydroxyl groups is 1. The number of aliphatic hydroxyl groups excluding tert-OH is 1. The average Bonchev–Trinajstić information content (AvgIpc) is 2.91. The summed E-state index contributed by atoms with van der Waals surface area (Å²) < 4.78 is 42.2. The second kappa shape index (κ2) is 6.55. The molecule has 0 saturated carbocycles. The van der Waals surface area contributed by atoms with Crippen LogP contribution >= 0.6 is 0 Å². The van der Waals surface area contributed by atoms with Crippen LogP contribution in [0.2, 0.25) is 0 Å². The molecule has 0 bridgehead atoms. The number of aryl methyl sites for hydroxylation is 1. The van der Waals surface area contributed by atoms with Gasteiger partial charge in [0.25, 0.3) is 0 Å². The summed E-state index contributed by atoms with van der Waals surface area (Å²) in [5, 5.41) is 13.1. The number of hydrogen-bond acceptors (Lipinski definition) is 4. The van der Waals surface area contributed by atoms with Gasteiger partial charge in [-0.1, -0.05) is 6.92 Å². The third kappa shape index (κ3) is 3.52. The fourth-order valence-corrected chi connectivity index (χ4v) is 3.24. The van der Waals surface area contributed by atoms with Crippen molar-refractivity contribution in [2.45, 2.75) is 31.2 Å². The maximum atomic E-state index is 14.2. The molecule has 0 aliphatic heterocycles. The van der Waals surface area contributed by atoms with Gasteiger partial charge in [-0.3, -0.25) is 0 Å². The van der Waals surface area contributed by atoms with E-state index in [1.54, 1.807) is 19.3 Å². The molecule has 1 unspecified atom stereocenters. The number of aromatic nitrogens is 2. The zero-order chi connectivity index (χ0) is 16.3. The molecule has 1 heterocycles. The Morgan fingerprint density at radius 3 is 2.68 bits per heavy atom. The van der Waals surface area contributed by atoms with Gasteiger partial charge in [-0.05, 0) is 37.1 Å². The number of rotatable bonds is 6. The lowest BCUT2D eigenvalue weighted by atomic mass is 10.3. The minimum atomic E-state index is -3.88. The molecule has 120 valence electrons. The average molecular weight is 327 g/mol. The molecular weight excluding hydrogens is 309 g/mol. The van der Waals surface area contributed by atoms with Gasteiger partial charge < -0.3 is 5.11 Å². The van der Waals surface area contributed by atoms with Crippen LogP contribution in [-0.4, -0.2) is 36.0 Å². The van der Waals surface area contributed by atoms with Crippen LogP contribution in [0.3, 0.4) is 0 Å². The molecular formula is C14H18FN3O3S. The predicted molar refractivity (Wildman–Crippen MR) is 79.7 cm³/mol. The Balaban J connectivity index is 2.33. The van der Waals surface area contributed by atoms with Gasteiger partial charge in [0.15, 0.2) is 0 Å². The van der Waals surface area contributed by atoms with Crippen molar-refractivity contribution in [3.8, 4) is 5.69 Å². The Kier molecular flexibility index (Phi) is 4.94. The highest BCUT2D eigenvalue weighted by Gasteiger charge is 2.20. The van der Waals surface area contributed by atoms with Crippen molar-refractivity contribution in [1.82, 2.24) is 14.5 Å². The molecule has 2 aromatic rings. The van der Waals surface area contributed by atoms with Crippen molar-refractivity contribution in [3.05, 3.63) is 42.0 Å². The largest absolute Gasteiger partial charge is 0.395 e. The monoisotopic (exact) mass is 327 g/mol. The van der Waals surface area contributed by atoms with Gasteiger partial charge in [-0.25, -0.2) is 22.2 Å². The van der Waals surface area contributed by atoms with Crippen LogP contribution in [0.15, 0.2) is 35.5 Å². The lowest BCUT2D eigenvalue weighted by Gasteiger charge is -2.14. The standard InChI is InChI=1S/C14H18FN3O3S/c1-3-11(9-19)17-22(20,21)12-4-5-14(13(15)6-12)18-8-10(2)7-16-18/h4-8,11,17,19H,3,9H2,1-2H3. The van der Waals surface area contributed by atoms with Crippen molar-refractivity contribution < 1.29 is 17.9 Å². The third-order valence-corrected chi connectivity index (χ3v) is 4.74. The predicted octanol–water partition coefficient (Wildman–Crippen LogP) is 1.37. The fourth-order valence-electron chi connectivity index (χ4n) is 1.92. The molecule has 0 saturated heterocycles. The van der Waals surface area contributed by atoms with E-state index < -0.39 is 21.9 Å². The molecule has 1 atom stereocenters. The molecule has 2 N–H and O–H groups in total. The highest BCUT2D eigenvalue weighted by molar-refractivity contribution is 7.89. The highest BCUT2D eigenvalue weighted by atomic mass is 32.2. The van der Waals surface area contributed by atoms with Crippen LogP contribution < -0.4 is 4.72 Å². The highest BCUT2D eigenvalue weighted by Crippen LogP contribution is 2.18. The summed E-state index contributed by atoms with van der Waals surface area (Å²) in [4.78, 5) is -0.190. The zero-order valence-corrected chi connectivity index (χ0v) is 13.1. The number of nitrogens with zero attached hydrogens (tertiary/aromatic N) is 2. The van der Waals surface area contributed by atoms with Crippen molar-refractivity contribution in [2.75, 3.05) is 6.61 Å². The molecule has 0 amide bonds. The molecule has 0 fully saturated rings. The van der Waals surface area contributed by atoms with E-state index in [-0.39, 0.29) is 17.2 Å². The van der Waals surface area contributed by atoms with Crippen LogP contribution in [0.1, 0.15) is 18.9 Å². The molecule has 0 spiro atoms. The number of halogens is 1. The van der Waals surface area contributed by atoms with Crippen LogP contribution in [0.25, 0.3) is 5.69 Å². The van der Waals surface area contributed by atoms with E-state index in [0.29, 0.717) is 6.42 Å². The molecule has 1 aromatic heterocycles. The van der Waals surface area contributed by atoms with Crippen molar-refractivity contribution in [2.24, 2.45) is 0 Å². The van der Waals surface area contributed by atoms with Crippen LogP contribution in [0, 0.1) is 12.7 Å². The fraction of sp³-hybridized carbons (Fsp3) is 0.357. The maximum absolute atomic E-state index is 14.2. The first-order chi connectivity index (χ1) is 10.4. The summed E-state index contributed by atoms with van der Waals surface area (Å²) >= 11 is 0. The van der Waals surface area contributed by atoms with E-state index >= 15 is 0 Å². The quantitative estimate of drug-likeness (QED) is 0.839. The maximum Gasteiger partial charge on any atom is 0.241 e. The first-order valence-electron chi connectivity index (χ1n) is 6.81.